The Labute approximate surface area is 154 Å². The number of nitrogens with zero attached hydrogens (tertiary/aromatic N) is 1. The zero-order chi connectivity index (χ0) is 19.3. The largest absolute Gasteiger partial charge is 0.452 e. The molecule has 1 N–H and O–H groups in total. The Balaban J connectivity index is 1.90. The first-order valence-corrected chi connectivity index (χ1v) is 10.2. The van der Waals surface area contributed by atoms with Gasteiger partial charge in [-0.15, -0.1) is 0 Å². The lowest BCUT2D eigenvalue weighted by atomic mass is 9.98. The molecule has 1 saturated heterocycles. The van der Waals surface area contributed by atoms with E-state index in [0.29, 0.717) is 12.8 Å². The molecule has 1 atom stereocenters. The number of hydrogen-bond donors (Lipinski definition) is 1. The second-order valence-electron chi connectivity index (χ2n) is 6.73. The van der Waals surface area contributed by atoms with Crippen LogP contribution in [-0.4, -0.2) is 49.8 Å². The number of sulfonamides is 1. The van der Waals surface area contributed by atoms with Gasteiger partial charge in [0.15, 0.2) is 6.10 Å². The predicted molar refractivity (Wildman–Crippen MR) is 96.8 cm³/mol. The first-order valence-electron chi connectivity index (χ1n) is 8.78. The number of ether oxygens (including phenoxy) is 1. The Morgan fingerprint density at radius 3 is 2.23 bits per heavy atom. The second kappa shape index (κ2) is 8.64. The van der Waals surface area contributed by atoms with Crippen LogP contribution in [0.1, 0.15) is 33.6 Å². The number of piperidine rings is 1. The lowest BCUT2D eigenvalue weighted by Crippen LogP contribution is -2.43. The maximum Gasteiger partial charge on any atom is 0.309 e. The molecule has 1 aliphatic heterocycles. The quantitative estimate of drug-likeness (QED) is 0.754. The molecule has 0 saturated carbocycles. The highest BCUT2D eigenvalue weighted by Gasteiger charge is 2.33. The van der Waals surface area contributed by atoms with E-state index in [0.717, 1.165) is 0 Å². The van der Waals surface area contributed by atoms with Gasteiger partial charge in [-0.2, -0.15) is 4.31 Å². The SMILES string of the molecule is CC(C)NC(=O)C(C)OC(=O)C1CCN(S(=O)(=O)c2ccccc2)CC1. The van der Waals surface area contributed by atoms with Crippen molar-refractivity contribution in [1.29, 1.82) is 0 Å². The van der Waals surface area contributed by atoms with Crippen molar-refractivity contribution >= 4 is 21.9 Å². The minimum Gasteiger partial charge on any atom is -0.452 e. The number of carbonyl (C=O) groups is 2. The molecule has 1 amide bonds. The van der Waals surface area contributed by atoms with Crippen molar-refractivity contribution < 1.29 is 22.7 Å². The van der Waals surface area contributed by atoms with Crippen LogP contribution in [0.15, 0.2) is 35.2 Å². The van der Waals surface area contributed by atoms with E-state index >= 15 is 0 Å². The van der Waals surface area contributed by atoms with Gasteiger partial charge in [0.25, 0.3) is 5.91 Å². The maximum absolute atomic E-state index is 12.6. The van der Waals surface area contributed by atoms with Gasteiger partial charge in [0.1, 0.15) is 0 Å². The maximum atomic E-state index is 12.6. The molecule has 1 heterocycles. The fourth-order valence-corrected chi connectivity index (χ4v) is 4.29. The van der Waals surface area contributed by atoms with Gasteiger partial charge in [-0.3, -0.25) is 9.59 Å². The van der Waals surface area contributed by atoms with E-state index in [1.54, 1.807) is 30.3 Å². The van der Waals surface area contributed by atoms with E-state index in [-0.39, 0.29) is 29.9 Å². The van der Waals surface area contributed by atoms with Crippen LogP contribution in [0.3, 0.4) is 0 Å². The summed E-state index contributed by atoms with van der Waals surface area (Å²) in [6.07, 6.45) is -0.108. The van der Waals surface area contributed by atoms with Crippen LogP contribution >= 0.6 is 0 Å². The van der Waals surface area contributed by atoms with E-state index in [2.05, 4.69) is 5.32 Å². The Hall–Kier alpha value is -1.93. The topological polar surface area (TPSA) is 92.8 Å². The van der Waals surface area contributed by atoms with Gasteiger partial charge in [0.2, 0.25) is 10.0 Å². The molecule has 0 radical (unpaired) electrons. The smallest absolute Gasteiger partial charge is 0.309 e. The van der Waals surface area contributed by atoms with Crippen molar-refractivity contribution in [2.24, 2.45) is 5.92 Å². The Morgan fingerprint density at radius 2 is 1.69 bits per heavy atom. The normalized spacial score (nSPS) is 17.7. The molecule has 0 bridgehead atoms. The third kappa shape index (κ3) is 5.04. The number of amides is 1. The number of hydrogen-bond acceptors (Lipinski definition) is 5. The number of nitrogens with one attached hydrogen (secondary N) is 1. The Bertz CT molecular complexity index is 725. The van der Waals surface area contributed by atoms with Crippen molar-refractivity contribution in [2.75, 3.05) is 13.1 Å². The number of benzene rings is 1. The molecule has 144 valence electrons. The molecule has 1 unspecified atom stereocenters. The molecular formula is C18H26N2O5S. The van der Waals surface area contributed by atoms with Crippen LogP contribution in [-0.2, 0) is 24.3 Å². The summed E-state index contributed by atoms with van der Waals surface area (Å²) in [5.41, 5.74) is 0. The molecular weight excluding hydrogens is 356 g/mol. The summed E-state index contributed by atoms with van der Waals surface area (Å²) in [6.45, 7) is 5.70. The minimum atomic E-state index is -3.54. The van der Waals surface area contributed by atoms with Gasteiger partial charge < -0.3 is 10.1 Å². The summed E-state index contributed by atoms with van der Waals surface area (Å²) >= 11 is 0. The van der Waals surface area contributed by atoms with Crippen LogP contribution < -0.4 is 5.32 Å². The second-order valence-corrected chi connectivity index (χ2v) is 8.67. The Kier molecular flexibility index (Phi) is 6.77. The van der Waals surface area contributed by atoms with Crippen molar-refractivity contribution in [2.45, 2.75) is 50.7 Å². The van der Waals surface area contributed by atoms with Gasteiger partial charge in [-0.05, 0) is 45.7 Å². The summed E-state index contributed by atoms with van der Waals surface area (Å²) < 4.78 is 31.8. The standard InChI is InChI=1S/C18H26N2O5S/c1-13(2)19-17(21)14(3)25-18(22)15-9-11-20(12-10-15)26(23,24)16-7-5-4-6-8-16/h4-8,13-15H,9-12H2,1-3H3,(H,19,21). The molecule has 26 heavy (non-hydrogen) atoms. The third-order valence-corrected chi connectivity index (χ3v) is 6.17. The monoisotopic (exact) mass is 382 g/mol. The van der Waals surface area contributed by atoms with Crippen LogP contribution in [0, 0.1) is 5.92 Å². The lowest BCUT2D eigenvalue weighted by molar-refractivity contribution is -0.160. The van der Waals surface area contributed by atoms with E-state index in [1.165, 1.54) is 11.2 Å². The van der Waals surface area contributed by atoms with Gasteiger partial charge in [0, 0.05) is 19.1 Å². The average Bonchev–Trinajstić information content (AvgIpc) is 2.62. The van der Waals surface area contributed by atoms with Gasteiger partial charge in [-0.25, -0.2) is 8.42 Å². The number of rotatable bonds is 6. The van der Waals surface area contributed by atoms with Crippen LogP contribution in [0.5, 0.6) is 0 Å². The fourth-order valence-electron chi connectivity index (χ4n) is 2.80. The number of esters is 1. The first-order chi connectivity index (χ1) is 12.2. The fraction of sp³-hybridized carbons (Fsp3) is 0.556. The molecule has 1 aromatic rings. The summed E-state index contributed by atoms with van der Waals surface area (Å²) in [5.74, 6) is -1.18. The molecule has 2 rings (SSSR count). The molecule has 8 heteroatoms. The average molecular weight is 382 g/mol. The van der Waals surface area contributed by atoms with Crippen LogP contribution in [0.4, 0.5) is 0 Å². The summed E-state index contributed by atoms with van der Waals surface area (Å²) in [6, 6.07) is 8.21. The van der Waals surface area contributed by atoms with Crippen molar-refractivity contribution in [3.05, 3.63) is 30.3 Å². The third-order valence-electron chi connectivity index (χ3n) is 4.26. The first kappa shape index (κ1) is 20.4. The molecule has 1 aliphatic rings. The van der Waals surface area contributed by atoms with Crippen molar-refractivity contribution in [1.82, 2.24) is 9.62 Å². The van der Waals surface area contributed by atoms with Crippen LogP contribution in [0.25, 0.3) is 0 Å². The molecule has 0 aliphatic carbocycles. The summed E-state index contributed by atoms with van der Waals surface area (Å²) in [4.78, 5) is 24.3. The zero-order valence-corrected chi connectivity index (χ0v) is 16.2. The molecule has 7 nitrogen and oxygen atoms in total. The predicted octanol–water partition coefficient (Wildman–Crippen LogP) is 1.54. The summed E-state index contributed by atoms with van der Waals surface area (Å²) in [5, 5.41) is 2.69. The van der Waals surface area contributed by atoms with Crippen molar-refractivity contribution in [3.8, 4) is 0 Å². The van der Waals surface area contributed by atoms with Crippen LogP contribution in [0.2, 0.25) is 0 Å². The molecule has 0 aromatic heterocycles. The molecule has 1 aromatic carbocycles. The van der Waals surface area contributed by atoms with Gasteiger partial charge >= 0.3 is 5.97 Å². The minimum absolute atomic E-state index is 0.0323. The van der Waals surface area contributed by atoms with E-state index in [9.17, 15) is 18.0 Å². The highest BCUT2D eigenvalue weighted by Crippen LogP contribution is 2.24. The highest BCUT2D eigenvalue weighted by atomic mass is 32.2. The van der Waals surface area contributed by atoms with E-state index < -0.39 is 28.0 Å². The van der Waals surface area contributed by atoms with E-state index in [1.807, 2.05) is 13.8 Å². The lowest BCUT2D eigenvalue weighted by Gasteiger charge is -2.30. The van der Waals surface area contributed by atoms with Gasteiger partial charge in [0.05, 0.1) is 10.8 Å². The molecule has 0 spiro atoms. The molecule has 1 fully saturated rings. The Morgan fingerprint density at radius 1 is 1.12 bits per heavy atom. The zero-order valence-electron chi connectivity index (χ0n) is 15.3. The number of carbonyl (C=O) groups excluding carboxylic acids is 2. The highest BCUT2D eigenvalue weighted by molar-refractivity contribution is 7.89. The van der Waals surface area contributed by atoms with Crippen molar-refractivity contribution in [3.63, 3.8) is 0 Å². The van der Waals surface area contributed by atoms with E-state index in [4.69, 9.17) is 4.74 Å². The summed E-state index contributed by atoms with van der Waals surface area (Å²) in [7, 11) is -3.54. The van der Waals surface area contributed by atoms with Gasteiger partial charge in [-0.1, -0.05) is 18.2 Å².